The van der Waals surface area contributed by atoms with Crippen LogP contribution in [0.15, 0.2) is 78.2 Å². The second-order valence-corrected chi connectivity index (χ2v) is 19.9. The molecular formula is C37H50ClN5Si. The van der Waals surface area contributed by atoms with Crippen molar-refractivity contribution in [2.75, 3.05) is 0 Å². The second-order valence-electron chi connectivity index (χ2n) is 13.8. The van der Waals surface area contributed by atoms with Crippen LogP contribution in [0.3, 0.4) is 0 Å². The quantitative estimate of drug-likeness (QED) is 0.0779. The maximum atomic E-state index is 6.99. The van der Waals surface area contributed by atoms with Gasteiger partial charge in [0.05, 0.1) is 10.7 Å². The molecule has 0 amide bonds. The van der Waals surface area contributed by atoms with Gasteiger partial charge in [0.15, 0.2) is 8.24 Å². The molecule has 0 aliphatic heterocycles. The minimum atomic E-state index is -2.00. The Morgan fingerprint density at radius 1 is 0.932 bits per heavy atom. The molecule has 1 aliphatic carbocycles. The number of rotatable bonds is 11. The van der Waals surface area contributed by atoms with E-state index in [2.05, 4.69) is 130 Å². The summed E-state index contributed by atoms with van der Waals surface area (Å²) in [5.74, 6) is 6.49. The third kappa shape index (κ3) is 6.13. The van der Waals surface area contributed by atoms with Gasteiger partial charge in [-0.25, -0.2) is 4.98 Å². The normalized spacial score (nSPS) is 18.0. The van der Waals surface area contributed by atoms with E-state index in [0.717, 1.165) is 54.7 Å². The molecule has 0 bridgehead atoms. The number of nitrogens with two attached hydrogens (primary N) is 1. The summed E-state index contributed by atoms with van der Waals surface area (Å²) in [6, 6.07) is 22.4. The topological polar surface area (TPSA) is 59.4 Å². The number of hydrogen-bond donors (Lipinski definition) is 1. The van der Waals surface area contributed by atoms with E-state index in [0.29, 0.717) is 27.7 Å². The van der Waals surface area contributed by atoms with Crippen molar-refractivity contribution in [3.8, 4) is 0 Å². The second kappa shape index (κ2) is 13.6. The third-order valence-electron chi connectivity index (χ3n) is 10.3. The summed E-state index contributed by atoms with van der Waals surface area (Å²) in [6.45, 7) is 18.3. The number of aryl methyl sites for hydroxylation is 1. The summed E-state index contributed by atoms with van der Waals surface area (Å²) < 4.78 is 2.55. The molecule has 2 aromatic carbocycles. The fraction of sp³-hybridized carbons (Fsp3) is 0.459. The van der Waals surface area contributed by atoms with Crippen LogP contribution in [-0.4, -0.2) is 34.1 Å². The molecule has 7 heteroatoms. The van der Waals surface area contributed by atoms with Crippen molar-refractivity contribution in [1.29, 1.82) is 0 Å². The Morgan fingerprint density at radius 3 is 2.14 bits per heavy atom. The summed E-state index contributed by atoms with van der Waals surface area (Å²) >= 11 is 6.99. The molecular weight excluding hydrogens is 578 g/mol. The molecule has 2 aromatic heterocycles. The zero-order valence-corrected chi connectivity index (χ0v) is 29.4. The fourth-order valence-corrected chi connectivity index (χ4v) is 15.2. The first-order chi connectivity index (χ1) is 21.1. The lowest BCUT2D eigenvalue weighted by molar-refractivity contribution is 0.179. The Morgan fingerprint density at radius 2 is 1.55 bits per heavy atom. The average molecular weight is 628 g/mol. The lowest BCUT2D eigenvalue weighted by Crippen LogP contribution is -2.51. The van der Waals surface area contributed by atoms with Crippen molar-refractivity contribution < 1.29 is 0 Å². The minimum absolute atomic E-state index is 0.232. The van der Waals surface area contributed by atoms with Crippen molar-refractivity contribution in [3.63, 3.8) is 0 Å². The Kier molecular flexibility index (Phi) is 10.0. The van der Waals surface area contributed by atoms with Gasteiger partial charge in [-0.05, 0) is 66.2 Å². The molecule has 4 aromatic rings. The van der Waals surface area contributed by atoms with Gasteiger partial charge in [-0.2, -0.15) is 5.10 Å². The van der Waals surface area contributed by atoms with Gasteiger partial charge < -0.3 is 10.1 Å². The minimum Gasteiger partial charge on any atom is -0.359 e. The van der Waals surface area contributed by atoms with Crippen LogP contribution in [-0.2, 0) is 13.1 Å². The summed E-state index contributed by atoms with van der Waals surface area (Å²) in [6.07, 6.45) is 7.23. The predicted octanol–water partition coefficient (Wildman–Crippen LogP) is 9.56. The highest BCUT2D eigenvalue weighted by Crippen LogP contribution is 2.45. The molecule has 1 saturated carbocycles. The van der Waals surface area contributed by atoms with E-state index in [1.807, 2.05) is 6.20 Å². The molecule has 0 radical (unpaired) electrons. The highest BCUT2D eigenvalue weighted by Gasteiger charge is 2.46. The van der Waals surface area contributed by atoms with E-state index in [1.54, 1.807) is 0 Å². The Balaban J connectivity index is 1.48. The Bertz CT molecular complexity index is 1550. The average Bonchev–Trinajstić information content (AvgIpc) is 3.64. The van der Waals surface area contributed by atoms with Gasteiger partial charge in [-0.1, -0.05) is 113 Å². The van der Waals surface area contributed by atoms with Crippen molar-refractivity contribution in [3.05, 3.63) is 100 Å². The number of fused-ring (bicyclic) bond motifs is 1. The summed E-state index contributed by atoms with van der Waals surface area (Å²) in [4.78, 5) is 7.60. The number of benzene rings is 2. The van der Waals surface area contributed by atoms with Crippen LogP contribution in [0.4, 0.5) is 0 Å². The molecule has 0 spiro atoms. The van der Waals surface area contributed by atoms with Crippen LogP contribution in [0.2, 0.25) is 21.6 Å². The lowest BCUT2D eigenvalue weighted by atomic mass is 9.93. The van der Waals surface area contributed by atoms with Gasteiger partial charge in [0.2, 0.25) is 0 Å². The number of hydrazone groups is 1. The number of nitrogens with zero attached hydrogens (tertiary/aromatic N) is 4. The fourth-order valence-electron chi connectivity index (χ4n) is 8.44. The predicted molar refractivity (Wildman–Crippen MR) is 190 cm³/mol. The first-order valence-electron chi connectivity index (χ1n) is 16.4. The number of aromatic nitrogens is 2. The van der Waals surface area contributed by atoms with Gasteiger partial charge in [0.1, 0.15) is 5.65 Å². The highest BCUT2D eigenvalue weighted by molar-refractivity contribution is 6.82. The summed E-state index contributed by atoms with van der Waals surface area (Å²) in [7, 11) is -2.00. The van der Waals surface area contributed by atoms with Crippen LogP contribution in [0, 0.1) is 12.8 Å². The van der Waals surface area contributed by atoms with Crippen molar-refractivity contribution in [2.24, 2.45) is 16.9 Å². The molecule has 2 N–H and O–H groups in total. The first-order valence-corrected chi connectivity index (χ1v) is 18.9. The van der Waals surface area contributed by atoms with Gasteiger partial charge in [-0.15, -0.1) is 0 Å². The van der Waals surface area contributed by atoms with Crippen LogP contribution < -0.4 is 5.84 Å². The molecule has 2 heterocycles. The molecule has 1 aliphatic rings. The van der Waals surface area contributed by atoms with Gasteiger partial charge in [0, 0.05) is 42.2 Å². The molecule has 5 rings (SSSR count). The first kappa shape index (κ1) is 32.5. The Labute approximate surface area is 270 Å². The van der Waals surface area contributed by atoms with Gasteiger partial charge in [0.25, 0.3) is 0 Å². The maximum absolute atomic E-state index is 6.99. The molecule has 234 valence electrons. The van der Waals surface area contributed by atoms with Gasteiger partial charge >= 0.3 is 0 Å². The van der Waals surface area contributed by atoms with Crippen molar-refractivity contribution in [2.45, 2.75) is 103 Å². The van der Waals surface area contributed by atoms with Crippen LogP contribution in [0.5, 0.6) is 0 Å². The molecule has 2 atom stereocenters. The summed E-state index contributed by atoms with van der Waals surface area (Å²) in [5, 5.41) is 6.20. The SMILES string of the molecule is Cc1ccc(CN(Cc2ccccc2)[C@@H]2CCC(/C(=N\N)c3c(Cl)cnc4c3ccn4[Si](C(C)C)(C(C)C)C(C)C)C2)cc1. The van der Waals surface area contributed by atoms with E-state index in [4.69, 9.17) is 22.4 Å². The smallest absolute Gasteiger partial charge is 0.171 e. The van der Waals surface area contributed by atoms with Crippen LogP contribution in [0.25, 0.3) is 11.0 Å². The zero-order chi connectivity index (χ0) is 31.6. The van der Waals surface area contributed by atoms with E-state index in [1.165, 1.54) is 16.7 Å². The Hall–Kier alpha value is -2.93. The van der Waals surface area contributed by atoms with Crippen molar-refractivity contribution in [1.82, 2.24) is 14.1 Å². The van der Waals surface area contributed by atoms with Crippen LogP contribution >= 0.6 is 11.6 Å². The maximum Gasteiger partial charge on any atom is 0.171 e. The zero-order valence-electron chi connectivity index (χ0n) is 27.6. The van der Waals surface area contributed by atoms with Crippen LogP contribution in [0.1, 0.15) is 83.1 Å². The molecule has 44 heavy (non-hydrogen) atoms. The van der Waals surface area contributed by atoms with Gasteiger partial charge in [-0.3, -0.25) is 4.90 Å². The number of pyridine rings is 1. The monoisotopic (exact) mass is 627 g/mol. The summed E-state index contributed by atoms with van der Waals surface area (Å²) in [5.41, 5.74) is 8.55. The third-order valence-corrected chi connectivity index (χ3v) is 17.3. The molecule has 1 fully saturated rings. The number of halogens is 1. The number of hydrogen-bond acceptors (Lipinski definition) is 4. The molecule has 0 saturated heterocycles. The van der Waals surface area contributed by atoms with E-state index < -0.39 is 8.24 Å². The van der Waals surface area contributed by atoms with E-state index >= 15 is 0 Å². The standard InChI is InChI=1S/C37H50ClN5Si/c1-25(2)44(26(3)4,27(5)6)43-20-19-33-35(34(38)22-40-37(33)43)36(41-39)31-17-18-32(21-31)42(23-29-11-9-8-10-12-29)24-30-15-13-28(7)14-16-30/h8-16,19-20,22,25-27,31-32H,17-18,21,23-24,39H2,1-7H3/b41-36+/t31?,32-/m1/s1. The largest absolute Gasteiger partial charge is 0.359 e. The lowest BCUT2D eigenvalue weighted by Gasteiger charge is -2.44. The molecule has 5 nitrogen and oxygen atoms in total. The van der Waals surface area contributed by atoms with E-state index in [9.17, 15) is 0 Å². The van der Waals surface area contributed by atoms with E-state index in [-0.39, 0.29) is 5.92 Å². The van der Waals surface area contributed by atoms with Crippen molar-refractivity contribution >= 4 is 36.6 Å². The highest BCUT2D eigenvalue weighted by atomic mass is 35.5. The molecule has 1 unspecified atom stereocenters.